The Morgan fingerprint density at radius 3 is 2.62 bits per heavy atom. The predicted octanol–water partition coefficient (Wildman–Crippen LogP) is 2.54. The van der Waals surface area contributed by atoms with Gasteiger partial charge in [-0.15, -0.1) is 0 Å². The molecule has 0 saturated heterocycles. The molecule has 0 spiro atoms. The molecule has 1 heterocycles. The summed E-state index contributed by atoms with van der Waals surface area (Å²) in [6, 6.07) is 14.0. The van der Waals surface area contributed by atoms with Crippen molar-refractivity contribution < 1.29 is 24.2 Å². The highest BCUT2D eigenvalue weighted by Gasteiger charge is 2.19. The number of fused-ring (bicyclic) bond motifs is 1. The molecule has 0 unspecified atom stereocenters. The first-order valence-corrected chi connectivity index (χ1v) is 8.05. The fourth-order valence-corrected chi connectivity index (χ4v) is 2.63. The molecule has 1 aromatic heterocycles. The molecule has 0 aliphatic carbocycles. The van der Waals surface area contributed by atoms with Crippen molar-refractivity contribution in [2.75, 3.05) is 13.7 Å². The zero-order chi connectivity index (χ0) is 18.5. The number of aromatic nitrogens is 2. The number of carbonyl (C=O) groups excluding carboxylic acids is 2. The van der Waals surface area contributed by atoms with Crippen LogP contribution in [0.3, 0.4) is 0 Å². The summed E-state index contributed by atoms with van der Waals surface area (Å²) in [4.78, 5) is 28.6. The van der Waals surface area contributed by atoms with Gasteiger partial charge in [-0.3, -0.25) is 0 Å². The predicted molar refractivity (Wildman–Crippen MR) is 93.9 cm³/mol. The second-order valence-electron chi connectivity index (χ2n) is 5.57. The Labute approximate surface area is 149 Å². The normalized spacial score (nSPS) is 10.7. The molecule has 1 N–H and O–H groups in total. The fraction of sp³-hybridized carbons (Fsp3) is 0.211. The molecule has 2 aromatic carbocycles. The van der Waals surface area contributed by atoms with Crippen molar-refractivity contribution in [2.24, 2.45) is 0 Å². The molecule has 0 bridgehead atoms. The third-order valence-corrected chi connectivity index (χ3v) is 3.87. The van der Waals surface area contributed by atoms with Gasteiger partial charge in [-0.05, 0) is 23.8 Å². The van der Waals surface area contributed by atoms with Gasteiger partial charge in [0.25, 0.3) is 0 Å². The van der Waals surface area contributed by atoms with Gasteiger partial charge in [-0.2, -0.15) is 0 Å². The minimum atomic E-state index is -0.592. The standard InChI is InChI=1S/C19H18N2O5/c1-25-18(23)14-7-8-16-15(11-14)20-17(9-10-22)21(16)19(24)26-12-13-5-3-2-4-6-13/h2-8,11,22H,9-10,12H2,1H3. The Morgan fingerprint density at radius 2 is 1.92 bits per heavy atom. The maximum atomic E-state index is 12.6. The van der Waals surface area contributed by atoms with Crippen LogP contribution in [0.4, 0.5) is 4.79 Å². The van der Waals surface area contributed by atoms with Gasteiger partial charge in [0.15, 0.2) is 0 Å². The van der Waals surface area contributed by atoms with Crippen LogP contribution in [0.15, 0.2) is 48.5 Å². The third kappa shape index (κ3) is 3.57. The average Bonchev–Trinajstić information content (AvgIpc) is 3.03. The number of aliphatic hydroxyl groups is 1. The molecule has 0 atom stereocenters. The number of hydrogen-bond donors (Lipinski definition) is 1. The van der Waals surface area contributed by atoms with Gasteiger partial charge in [-0.1, -0.05) is 30.3 Å². The van der Waals surface area contributed by atoms with Crippen LogP contribution in [-0.4, -0.2) is 40.4 Å². The van der Waals surface area contributed by atoms with Gasteiger partial charge in [0.05, 0.1) is 30.3 Å². The Balaban J connectivity index is 1.93. The summed E-state index contributed by atoms with van der Waals surface area (Å²) in [5.41, 5.74) is 2.15. The number of imidazole rings is 1. The lowest BCUT2D eigenvalue weighted by molar-refractivity contribution is 0.0601. The lowest BCUT2D eigenvalue weighted by atomic mass is 10.2. The Hall–Kier alpha value is -3.19. The highest BCUT2D eigenvalue weighted by atomic mass is 16.5. The number of methoxy groups -OCH3 is 1. The monoisotopic (exact) mass is 354 g/mol. The van der Waals surface area contributed by atoms with E-state index < -0.39 is 12.1 Å². The molecule has 0 radical (unpaired) electrons. The maximum Gasteiger partial charge on any atom is 0.420 e. The molecule has 0 aliphatic heterocycles. The highest BCUT2D eigenvalue weighted by molar-refractivity contribution is 5.95. The van der Waals surface area contributed by atoms with E-state index in [1.54, 1.807) is 18.2 Å². The van der Waals surface area contributed by atoms with Crippen molar-refractivity contribution in [1.82, 2.24) is 9.55 Å². The quantitative estimate of drug-likeness (QED) is 0.708. The van der Waals surface area contributed by atoms with E-state index in [1.807, 2.05) is 30.3 Å². The van der Waals surface area contributed by atoms with E-state index in [0.29, 0.717) is 22.4 Å². The minimum Gasteiger partial charge on any atom is -0.465 e. The van der Waals surface area contributed by atoms with Gasteiger partial charge in [0.1, 0.15) is 12.4 Å². The van der Waals surface area contributed by atoms with E-state index in [1.165, 1.54) is 11.7 Å². The topological polar surface area (TPSA) is 90.6 Å². The molecule has 26 heavy (non-hydrogen) atoms. The lowest BCUT2D eigenvalue weighted by Gasteiger charge is -2.09. The number of nitrogens with zero attached hydrogens (tertiary/aromatic N) is 2. The number of ether oxygens (including phenoxy) is 2. The highest BCUT2D eigenvalue weighted by Crippen LogP contribution is 2.20. The van der Waals surface area contributed by atoms with Crippen LogP contribution < -0.4 is 0 Å². The molecule has 3 aromatic rings. The second-order valence-corrected chi connectivity index (χ2v) is 5.57. The summed E-state index contributed by atoms with van der Waals surface area (Å²) >= 11 is 0. The Morgan fingerprint density at radius 1 is 1.15 bits per heavy atom. The van der Waals surface area contributed by atoms with Crippen molar-refractivity contribution in [3.8, 4) is 0 Å². The summed E-state index contributed by atoms with van der Waals surface area (Å²) in [6.07, 6.45) is -0.409. The van der Waals surface area contributed by atoms with Gasteiger partial charge in [0, 0.05) is 6.42 Å². The van der Waals surface area contributed by atoms with Crippen LogP contribution >= 0.6 is 0 Å². The summed E-state index contributed by atoms with van der Waals surface area (Å²) < 4.78 is 11.4. The molecule has 7 heteroatoms. The lowest BCUT2D eigenvalue weighted by Crippen LogP contribution is -2.17. The van der Waals surface area contributed by atoms with E-state index in [4.69, 9.17) is 9.47 Å². The largest absolute Gasteiger partial charge is 0.465 e. The Bertz CT molecular complexity index is 934. The van der Waals surface area contributed by atoms with Gasteiger partial charge < -0.3 is 14.6 Å². The van der Waals surface area contributed by atoms with E-state index in [0.717, 1.165) is 5.56 Å². The number of hydrogen-bond acceptors (Lipinski definition) is 6. The van der Waals surface area contributed by atoms with Crippen molar-refractivity contribution in [3.63, 3.8) is 0 Å². The maximum absolute atomic E-state index is 12.6. The molecule has 0 aliphatic rings. The number of rotatable bonds is 5. The summed E-state index contributed by atoms with van der Waals surface area (Å²) in [5, 5.41) is 9.26. The number of benzene rings is 2. The SMILES string of the molecule is COC(=O)c1ccc2c(c1)nc(CCO)n2C(=O)OCc1ccccc1. The molecule has 7 nitrogen and oxygen atoms in total. The first-order valence-electron chi connectivity index (χ1n) is 8.05. The number of esters is 1. The van der Waals surface area contributed by atoms with Crippen molar-refractivity contribution in [3.05, 3.63) is 65.5 Å². The molecule has 3 rings (SSSR count). The first-order chi connectivity index (χ1) is 12.6. The summed E-state index contributed by atoms with van der Waals surface area (Å²) in [5.74, 6) is -0.126. The van der Waals surface area contributed by atoms with Crippen molar-refractivity contribution in [1.29, 1.82) is 0 Å². The number of aliphatic hydroxyl groups excluding tert-OH is 1. The molecular formula is C19H18N2O5. The molecule has 0 fully saturated rings. The van der Waals surface area contributed by atoms with E-state index in [2.05, 4.69) is 4.98 Å². The molecule has 134 valence electrons. The third-order valence-electron chi connectivity index (χ3n) is 3.87. The van der Waals surface area contributed by atoms with Crippen LogP contribution in [0.5, 0.6) is 0 Å². The van der Waals surface area contributed by atoms with Crippen LogP contribution in [0.25, 0.3) is 11.0 Å². The van der Waals surface area contributed by atoms with E-state index >= 15 is 0 Å². The van der Waals surface area contributed by atoms with Crippen LogP contribution in [-0.2, 0) is 22.5 Å². The number of carbonyl (C=O) groups is 2. The molecule has 0 saturated carbocycles. The fourth-order valence-electron chi connectivity index (χ4n) is 2.63. The zero-order valence-electron chi connectivity index (χ0n) is 14.2. The van der Waals surface area contributed by atoms with Gasteiger partial charge in [-0.25, -0.2) is 19.1 Å². The van der Waals surface area contributed by atoms with Gasteiger partial charge in [0.2, 0.25) is 0 Å². The molecular weight excluding hydrogens is 336 g/mol. The minimum absolute atomic E-state index is 0.123. The van der Waals surface area contributed by atoms with Crippen molar-refractivity contribution >= 4 is 23.1 Å². The second kappa shape index (κ2) is 7.79. The van der Waals surface area contributed by atoms with Crippen molar-refractivity contribution in [2.45, 2.75) is 13.0 Å². The average molecular weight is 354 g/mol. The van der Waals surface area contributed by atoms with E-state index in [9.17, 15) is 14.7 Å². The van der Waals surface area contributed by atoms with Crippen LogP contribution in [0, 0.1) is 0 Å². The van der Waals surface area contributed by atoms with E-state index in [-0.39, 0.29) is 19.6 Å². The summed E-state index contributed by atoms with van der Waals surface area (Å²) in [6.45, 7) is -0.0443. The molecule has 0 amide bonds. The Kier molecular flexibility index (Phi) is 5.28. The van der Waals surface area contributed by atoms with Crippen LogP contribution in [0.1, 0.15) is 21.7 Å². The van der Waals surface area contributed by atoms with Gasteiger partial charge >= 0.3 is 12.1 Å². The zero-order valence-corrected chi connectivity index (χ0v) is 14.2. The van der Waals surface area contributed by atoms with Crippen LogP contribution in [0.2, 0.25) is 0 Å². The smallest absolute Gasteiger partial charge is 0.420 e. The first kappa shape index (κ1) is 17.6. The summed E-state index contributed by atoms with van der Waals surface area (Å²) in [7, 11) is 1.29.